The number of rotatable bonds is 5. The van der Waals surface area contributed by atoms with Gasteiger partial charge in [0.1, 0.15) is 4.90 Å². The fourth-order valence-corrected chi connectivity index (χ4v) is 2.58. The number of non-ortho nitro benzene ring substituents is 1. The Hall–Kier alpha value is -3.01. The maximum Gasteiger partial charge on any atom is 0.339 e. The molecule has 0 unspecified atom stereocenters. The Morgan fingerprint density at radius 2 is 1.59 bits per heavy atom. The molecule has 0 heterocycles. The lowest BCUT2D eigenvalue weighted by Crippen LogP contribution is -2.11. The zero-order chi connectivity index (χ0) is 16.3. The van der Waals surface area contributed by atoms with Crippen molar-refractivity contribution < 1.29 is 22.4 Å². The van der Waals surface area contributed by atoms with E-state index in [1.807, 2.05) is 0 Å². The van der Waals surface area contributed by atoms with Gasteiger partial charge in [0.25, 0.3) is 5.69 Å². The molecule has 2 aromatic rings. The van der Waals surface area contributed by atoms with Gasteiger partial charge in [0, 0.05) is 18.2 Å². The maximum atomic E-state index is 12.1. The van der Waals surface area contributed by atoms with E-state index in [1.165, 1.54) is 18.2 Å². The van der Waals surface area contributed by atoms with Crippen LogP contribution in [0.15, 0.2) is 53.4 Å². The molecule has 0 N–H and O–H groups in total. The van der Waals surface area contributed by atoms with Gasteiger partial charge in [0.15, 0.2) is 0 Å². The zero-order valence-electron chi connectivity index (χ0n) is 10.8. The number of benzene rings is 2. The van der Waals surface area contributed by atoms with Crippen molar-refractivity contribution in [2.24, 2.45) is 0 Å². The van der Waals surface area contributed by atoms with Crippen LogP contribution in [0, 0.1) is 20.2 Å². The van der Waals surface area contributed by atoms with Crippen LogP contribution < -0.4 is 4.18 Å². The molecule has 2 rings (SSSR count). The van der Waals surface area contributed by atoms with E-state index in [9.17, 15) is 28.6 Å². The molecule has 2 aromatic carbocycles. The number of nitro groups is 2. The van der Waals surface area contributed by atoms with Crippen LogP contribution in [-0.2, 0) is 10.1 Å². The third-order valence-electron chi connectivity index (χ3n) is 2.58. The second-order valence-corrected chi connectivity index (χ2v) is 5.56. The number of nitrogens with zero attached hydrogens (tertiary/aromatic N) is 2. The van der Waals surface area contributed by atoms with Crippen LogP contribution >= 0.6 is 0 Å². The van der Waals surface area contributed by atoms with E-state index in [4.69, 9.17) is 4.18 Å². The van der Waals surface area contributed by atoms with E-state index < -0.39 is 42.0 Å². The zero-order valence-corrected chi connectivity index (χ0v) is 11.6. The van der Waals surface area contributed by atoms with Gasteiger partial charge in [-0.3, -0.25) is 20.2 Å². The van der Waals surface area contributed by atoms with Crippen LogP contribution in [-0.4, -0.2) is 18.3 Å². The van der Waals surface area contributed by atoms with Crippen molar-refractivity contribution in [2.45, 2.75) is 4.90 Å². The van der Waals surface area contributed by atoms with Crippen molar-refractivity contribution >= 4 is 21.5 Å². The monoisotopic (exact) mass is 324 g/mol. The van der Waals surface area contributed by atoms with Gasteiger partial charge in [-0.05, 0) is 12.1 Å². The summed E-state index contributed by atoms with van der Waals surface area (Å²) in [4.78, 5) is 19.5. The highest BCUT2D eigenvalue weighted by atomic mass is 32.2. The summed E-state index contributed by atoms with van der Waals surface area (Å²) in [6.45, 7) is 0. The summed E-state index contributed by atoms with van der Waals surface area (Å²) in [6, 6.07) is 9.11. The Balaban J connectivity index is 2.43. The Bertz CT molecular complexity index is 848. The lowest BCUT2D eigenvalue weighted by Gasteiger charge is -2.07. The van der Waals surface area contributed by atoms with Gasteiger partial charge in [0.05, 0.1) is 9.85 Å². The Kier molecular flexibility index (Phi) is 4.04. The second kappa shape index (κ2) is 5.77. The quantitative estimate of drug-likeness (QED) is 0.468. The van der Waals surface area contributed by atoms with E-state index >= 15 is 0 Å². The summed E-state index contributed by atoms with van der Waals surface area (Å²) < 4.78 is 28.9. The second-order valence-electron chi connectivity index (χ2n) is 4.02. The molecule has 0 aliphatic rings. The highest BCUT2D eigenvalue weighted by Crippen LogP contribution is 2.29. The van der Waals surface area contributed by atoms with Crippen molar-refractivity contribution in [1.82, 2.24) is 0 Å². The molecule has 0 amide bonds. The average Bonchev–Trinajstić information content (AvgIpc) is 2.47. The minimum atomic E-state index is -4.43. The molecule has 10 heteroatoms. The summed E-state index contributed by atoms with van der Waals surface area (Å²) in [5, 5.41) is 21.5. The Morgan fingerprint density at radius 3 is 2.23 bits per heavy atom. The van der Waals surface area contributed by atoms with Crippen LogP contribution in [0.1, 0.15) is 0 Å². The first-order chi connectivity index (χ1) is 10.3. The fourth-order valence-electron chi connectivity index (χ4n) is 1.60. The van der Waals surface area contributed by atoms with Gasteiger partial charge in [-0.15, -0.1) is 0 Å². The summed E-state index contributed by atoms with van der Waals surface area (Å²) in [5.41, 5.74) is -0.969. The van der Waals surface area contributed by atoms with Gasteiger partial charge in [-0.25, -0.2) is 0 Å². The summed E-state index contributed by atoms with van der Waals surface area (Å²) in [6.07, 6.45) is 0. The van der Waals surface area contributed by atoms with Crippen LogP contribution in [0.4, 0.5) is 11.4 Å². The fraction of sp³-hybridized carbons (Fsp3) is 0. The lowest BCUT2D eigenvalue weighted by molar-refractivity contribution is -0.385. The molecule has 0 aromatic heterocycles. The van der Waals surface area contributed by atoms with Crippen LogP contribution in [0.5, 0.6) is 5.75 Å². The predicted octanol–water partition coefficient (Wildman–Crippen LogP) is 2.27. The molecule has 0 radical (unpaired) electrons. The summed E-state index contributed by atoms with van der Waals surface area (Å²) in [5.74, 6) is -0.473. The molecule has 0 bridgehead atoms. The normalized spacial score (nSPS) is 10.9. The van der Waals surface area contributed by atoms with Crippen LogP contribution in [0.3, 0.4) is 0 Å². The van der Waals surface area contributed by atoms with Gasteiger partial charge < -0.3 is 4.18 Å². The highest BCUT2D eigenvalue weighted by Gasteiger charge is 2.24. The molecular formula is C12H8N2O7S. The predicted molar refractivity (Wildman–Crippen MR) is 74.0 cm³/mol. The van der Waals surface area contributed by atoms with Gasteiger partial charge in [-0.1, -0.05) is 18.2 Å². The highest BCUT2D eigenvalue weighted by molar-refractivity contribution is 7.87. The number of para-hydroxylation sites is 2. The lowest BCUT2D eigenvalue weighted by atomic mass is 10.3. The minimum Gasteiger partial charge on any atom is -0.372 e. The largest absolute Gasteiger partial charge is 0.372 e. The maximum absolute atomic E-state index is 12.1. The first-order valence-corrected chi connectivity index (χ1v) is 7.14. The molecule has 0 saturated heterocycles. The van der Waals surface area contributed by atoms with E-state index in [2.05, 4.69) is 0 Å². The molecule has 9 nitrogen and oxygen atoms in total. The molecule has 0 atom stereocenters. The molecule has 0 aliphatic carbocycles. The SMILES string of the molecule is O=[N+]([O-])c1cccc(S(=O)(=O)Oc2ccccc2[N+](=O)[O-])c1. The molecule has 114 valence electrons. The molecule has 0 fully saturated rings. The van der Waals surface area contributed by atoms with Gasteiger partial charge in [-0.2, -0.15) is 8.42 Å². The van der Waals surface area contributed by atoms with Crippen molar-refractivity contribution in [3.8, 4) is 5.75 Å². The van der Waals surface area contributed by atoms with Crippen LogP contribution in [0.25, 0.3) is 0 Å². The Labute approximate surface area is 124 Å². The smallest absolute Gasteiger partial charge is 0.339 e. The molecule has 0 saturated carbocycles. The first kappa shape index (κ1) is 15.4. The van der Waals surface area contributed by atoms with Crippen molar-refractivity contribution in [2.75, 3.05) is 0 Å². The molecule has 0 aliphatic heterocycles. The minimum absolute atomic E-state index is 0.438. The van der Waals surface area contributed by atoms with E-state index in [-0.39, 0.29) is 0 Å². The van der Waals surface area contributed by atoms with E-state index in [0.29, 0.717) is 0 Å². The van der Waals surface area contributed by atoms with Crippen molar-refractivity contribution in [3.05, 3.63) is 68.8 Å². The summed E-state index contributed by atoms with van der Waals surface area (Å²) in [7, 11) is -4.43. The van der Waals surface area contributed by atoms with Crippen molar-refractivity contribution in [3.63, 3.8) is 0 Å². The molecular weight excluding hydrogens is 316 g/mol. The van der Waals surface area contributed by atoms with E-state index in [0.717, 1.165) is 30.3 Å². The number of hydrogen-bond acceptors (Lipinski definition) is 7. The van der Waals surface area contributed by atoms with Gasteiger partial charge in [0.2, 0.25) is 5.75 Å². The first-order valence-electron chi connectivity index (χ1n) is 5.73. The molecule has 22 heavy (non-hydrogen) atoms. The number of hydrogen-bond donors (Lipinski definition) is 0. The topological polar surface area (TPSA) is 130 Å². The van der Waals surface area contributed by atoms with Gasteiger partial charge >= 0.3 is 15.8 Å². The Morgan fingerprint density at radius 1 is 0.909 bits per heavy atom. The third kappa shape index (κ3) is 3.17. The number of nitro benzene ring substituents is 2. The van der Waals surface area contributed by atoms with E-state index in [1.54, 1.807) is 0 Å². The van der Waals surface area contributed by atoms with Crippen molar-refractivity contribution in [1.29, 1.82) is 0 Å². The summed E-state index contributed by atoms with van der Waals surface area (Å²) >= 11 is 0. The van der Waals surface area contributed by atoms with Crippen LogP contribution in [0.2, 0.25) is 0 Å². The standard InChI is InChI=1S/C12H8N2O7S/c15-13(16)9-4-3-5-10(8-9)22(19,20)21-12-7-2-1-6-11(12)14(17)18/h1-8H. The third-order valence-corrected chi connectivity index (χ3v) is 3.81. The molecule has 0 spiro atoms. The average molecular weight is 324 g/mol.